The minimum Gasteiger partial charge on any atom is -0.350 e. The van der Waals surface area contributed by atoms with E-state index in [2.05, 4.69) is 34.2 Å². The number of rotatable bonds is 4. The lowest BCUT2D eigenvalue weighted by molar-refractivity contribution is -0.108. The zero-order valence-corrected chi connectivity index (χ0v) is 11.0. The Morgan fingerprint density at radius 1 is 1.16 bits per heavy atom. The summed E-state index contributed by atoms with van der Waals surface area (Å²) in [5, 5.41) is 0. The highest BCUT2D eigenvalue weighted by Gasteiger charge is 2.29. The third-order valence-corrected chi connectivity index (χ3v) is 3.53. The van der Waals surface area contributed by atoms with Crippen LogP contribution in [0.3, 0.4) is 0 Å². The van der Waals surface area contributed by atoms with Gasteiger partial charge in [-0.25, -0.2) is 9.97 Å². The Bertz CT molecular complexity index is 582. The van der Waals surface area contributed by atoms with Gasteiger partial charge in [0.2, 0.25) is 6.29 Å². The first-order chi connectivity index (χ1) is 9.33. The Morgan fingerprint density at radius 2 is 1.95 bits per heavy atom. The maximum atomic E-state index is 5.23. The lowest BCUT2D eigenvalue weighted by Gasteiger charge is -2.29. The van der Waals surface area contributed by atoms with Crippen molar-refractivity contribution in [3.05, 3.63) is 59.2 Å². The number of fused-ring (bicyclic) bond motifs is 1. The van der Waals surface area contributed by atoms with Crippen LogP contribution in [0.5, 0.6) is 0 Å². The molecule has 1 aromatic carbocycles. The van der Waals surface area contributed by atoms with Gasteiger partial charge < -0.3 is 9.47 Å². The molecule has 0 spiro atoms. The molecule has 1 aliphatic rings. The number of benzene rings is 1. The normalized spacial score (nSPS) is 17.1. The van der Waals surface area contributed by atoms with Gasteiger partial charge in [0, 0.05) is 26.3 Å². The molecule has 0 saturated carbocycles. The number of ether oxygens (including phenoxy) is 2. The summed E-state index contributed by atoms with van der Waals surface area (Å²) in [6.45, 7) is 0. The molecular formula is C15H16N2O2. The second kappa shape index (κ2) is 5.07. The average Bonchev–Trinajstić information content (AvgIpc) is 2.42. The molecule has 0 bridgehead atoms. The molecule has 0 N–H and O–H groups in total. The van der Waals surface area contributed by atoms with Crippen LogP contribution in [0.4, 0.5) is 0 Å². The number of hydrogen-bond donors (Lipinski definition) is 0. The van der Waals surface area contributed by atoms with E-state index in [1.54, 1.807) is 20.4 Å². The molecule has 0 saturated heterocycles. The highest BCUT2D eigenvalue weighted by molar-refractivity contribution is 5.43. The quantitative estimate of drug-likeness (QED) is 0.788. The van der Waals surface area contributed by atoms with Crippen LogP contribution in [0, 0.1) is 0 Å². The van der Waals surface area contributed by atoms with Crippen LogP contribution in [-0.4, -0.2) is 24.2 Å². The van der Waals surface area contributed by atoms with E-state index >= 15 is 0 Å². The van der Waals surface area contributed by atoms with E-state index in [0.29, 0.717) is 5.92 Å². The molecule has 1 heterocycles. The molecule has 0 fully saturated rings. The van der Waals surface area contributed by atoms with Crippen molar-refractivity contribution >= 4 is 0 Å². The lowest BCUT2D eigenvalue weighted by Crippen LogP contribution is -2.21. The Morgan fingerprint density at radius 3 is 2.68 bits per heavy atom. The number of aromatic nitrogens is 2. The van der Waals surface area contributed by atoms with E-state index in [4.69, 9.17) is 9.47 Å². The van der Waals surface area contributed by atoms with Crippen LogP contribution in [0.1, 0.15) is 34.9 Å². The van der Waals surface area contributed by atoms with Gasteiger partial charge in [-0.05, 0) is 23.6 Å². The van der Waals surface area contributed by atoms with Crippen molar-refractivity contribution in [1.82, 2.24) is 9.97 Å². The van der Waals surface area contributed by atoms with E-state index in [0.717, 1.165) is 17.9 Å². The lowest BCUT2D eigenvalue weighted by atomic mass is 9.77. The summed E-state index contributed by atoms with van der Waals surface area (Å²) >= 11 is 0. The average molecular weight is 256 g/mol. The van der Waals surface area contributed by atoms with Gasteiger partial charge in [-0.15, -0.1) is 0 Å². The van der Waals surface area contributed by atoms with Crippen LogP contribution in [-0.2, 0) is 15.9 Å². The van der Waals surface area contributed by atoms with E-state index in [9.17, 15) is 0 Å². The molecular weight excluding hydrogens is 240 g/mol. The Kier molecular flexibility index (Phi) is 3.27. The molecule has 1 unspecified atom stereocenters. The molecule has 0 amide bonds. The SMILES string of the molecule is COC(OC)c1ccnc(C2Cc3ccccc32)n1. The van der Waals surface area contributed by atoms with Gasteiger partial charge in [0.15, 0.2) is 0 Å². The third-order valence-electron chi connectivity index (χ3n) is 3.53. The van der Waals surface area contributed by atoms with Crippen LogP contribution in [0.2, 0.25) is 0 Å². The van der Waals surface area contributed by atoms with Crippen LogP contribution in [0.25, 0.3) is 0 Å². The molecule has 19 heavy (non-hydrogen) atoms. The number of hydrogen-bond acceptors (Lipinski definition) is 4. The van der Waals surface area contributed by atoms with Gasteiger partial charge in [-0.3, -0.25) is 0 Å². The molecule has 4 heteroatoms. The first kappa shape index (κ1) is 12.3. The third kappa shape index (κ3) is 2.13. The first-order valence-electron chi connectivity index (χ1n) is 6.29. The fourth-order valence-electron chi connectivity index (χ4n) is 2.51. The smallest absolute Gasteiger partial charge is 0.200 e. The highest BCUT2D eigenvalue weighted by atomic mass is 16.7. The fourth-order valence-corrected chi connectivity index (χ4v) is 2.51. The molecule has 1 aliphatic carbocycles. The van der Waals surface area contributed by atoms with Crippen molar-refractivity contribution in [2.45, 2.75) is 18.6 Å². The molecule has 0 aliphatic heterocycles. The van der Waals surface area contributed by atoms with E-state index in [1.807, 2.05) is 6.07 Å². The molecule has 4 nitrogen and oxygen atoms in total. The summed E-state index contributed by atoms with van der Waals surface area (Å²) < 4.78 is 10.5. The Hall–Kier alpha value is -1.78. The van der Waals surface area contributed by atoms with Crippen molar-refractivity contribution in [3.8, 4) is 0 Å². The Balaban J connectivity index is 1.90. The summed E-state index contributed by atoms with van der Waals surface area (Å²) in [6.07, 6.45) is 2.34. The molecule has 0 radical (unpaired) electrons. The topological polar surface area (TPSA) is 44.2 Å². The van der Waals surface area contributed by atoms with Crippen LogP contribution >= 0.6 is 0 Å². The monoisotopic (exact) mass is 256 g/mol. The van der Waals surface area contributed by atoms with Crippen molar-refractivity contribution in [3.63, 3.8) is 0 Å². The number of methoxy groups -OCH3 is 2. The molecule has 1 atom stereocenters. The zero-order valence-electron chi connectivity index (χ0n) is 11.0. The fraction of sp³-hybridized carbons (Fsp3) is 0.333. The second-order valence-electron chi connectivity index (χ2n) is 4.60. The van der Waals surface area contributed by atoms with E-state index in [1.165, 1.54) is 11.1 Å². The minimum absolute atomic E-state index is 0.297. The van der Waals surface area contributed by atoms with Crippen molar-refractivity contribution in [2.24, 2.45) is 0 Å². The Labute approximate surface area is 112 Å². The summed E-state index contributed by atoms with van der Waals surface area (Å²) in [5.41, 5.74) is 3.47. The zero-order chi connectivity index (χ0) is 13.2. The summed E-state index contributed by atoms with van der Waals surface area (Å²) in [6, 6.07) is 10.2. The van der Waals surface area contributed by atoms with Crippen LogP contribution < -0.4 is 0 Å². The number of nitrogens with zero attached hydrogens (tertiary/aromatic N) is 2. The van der Waals surface area contributed by atoms with Crippen molar-refractivity contribution in [2.75, 3.05) is 14.2 Å². The molecule has 2 aromatic rings. The standard InChI is InChI=1S/C15H16N2O2/c1-18-15(19-2)13-7-8-16-14(17-13)12-9-10-5-3-4-6-11(10)12/h3-8,12,15H,9H2,1-2H3. The minimum atomic E-state index is -0.433. The van der Waals surface area contributed by atoms with Gasteiger partial charge in [0.25, 0.3) is 0 Å². The van der Waals surface area contributed by atoms with Crippen molar-refractivity contribution in [1.29, 1.82) is 0 Å². The van der Waals surface area contributed by atoms with Crippen LogP contribution in [0.15, 0.2) is 36.5 Å². The van der Waals surface area contributed by atoms with Gasteiger partial charge in [0.1, 0.15) is 5.82 Å². The first-order valence-corrected chi connectivity index (χ1v) is 6.29. The summed E-state index contributed by atoms with van der Waals surface area (Å²) in [5.74, 6) is 1.14. The van der Waals surface area contributed by atoms with E-state index in [-0.39, 0.29) is 0 Å². The highest BCUT2D eigenvalue weighted by Crippen LogP contribution is 2.38. The second-order valence-corrected chi connectivity index (χ2v) is 4.60. The van der Waals surface area contributed by atoms with E-state index < -0.39 is 6.29 Å². The predicted octanol–water partition coefficient (Wildman–Crippen LogP) is 2.46. The summed E-state index contributed by atoms with van der Waals surface area (Å²) in [7, 11) is 3.21. The predicted molar refractivity (Wildman–Crippen MR) is 70.8 cm³/mol. The maximum Gasteiger partial charge on any atom is 0.200 e. The largest absolute Gasteiger partial charge is 0.350 e. The van der Waals surface area contributed by atoms with Gasteiger partial charge in [-0.1, -0.05) is 24.3 Å². The van der Waals surface area contributed by atoms with Gasteiger partial charge in [0.05, 0.1) is 5.69 Å². The molecule has 3 rings (SSSR count). The molecule has 98 valence electrons. The molecule has 1 aromatic heterocycles. The van der Waals surface area contributed by atoms with Crippen molar-refractivity contribution < 1.29 is 9.47 Å². The summed E-state index contributed by atoms with van der Waals surface area (Å²) in [4.78, 5) is 8.96. The maximum absolute atomic E-state index is 5.23. The van der Waals surface area contributed by atoms with Gasteiger partial charge in [-0.2, -0.15) is 0 Å². The van der Waals surface area contributed by atoms with Gasteiger partial charge >= 0.3 is 0 Å².